The Morgan fingerprint density at radius 1 is 1.07 bits per heavy atom. The average Bonchev–Trinajstić information content (AvgIpc) is 2.87. The minimum Gasteiger partial charge on any atom is -0.326 e. The first kappa shape index (κ1) is 19.4. The monoisotopic (exact) mass is 391 g/mol. The molecule has 1 aliphatic rings. The van der Waals surface area contributed by atoms with Gasteiger partial charge in [0.15, 0.2) is 0 Å². The van der Waals surface area contributed by atoms with Crippen LogP contribution in [0.4, 0.5) is 23.7 Å². The Morgan fingerprint density at radius 2 is 1.71 bits per heavy atom. The number of urea groups is 1. The molecular formula is C19H16F3N3O3. The van der Waals surface area contributed by atoms with Gasteiger partial charge in [-0.1, -0.05) is 0 Å². The van der Waals surface area contributed by atoms with E-state index in [1.165, 1.54) is 31.2 Å². The smallest absolute Gasteiger partial charge is 0.325 e. The standard InChI is InChI=1S/C19H16F3N3O3/c1-19(14-10-12(21)4-7-15(14)22)17(27)25(18(28)24-19)9-8-16(26)23-13-5-2-11(20)3-6-13/h2-7,10H,8-9H2,1H3,(H,23,26)(H,24,28)/t19-/m1/s1. The summed E-state index contributed by atoms with van der Waals surface area (Å²) in [6, 6.07) is 6.88. The normalized spacial score (nSPS) is 18.9. The van der Waals surface area contributed by atoms with Gasteiger partial charge < -0.3 is 10.6 Å². The Kier molecular flexibility index (Phi) is 5.08. The molecule has 0 unspecified atom stereocenters. The van der Waals surface area contributed by atoms with Crippen molar-refractivity contribution >= 4 is 23.5 Å². The van der Waals surface area contributed by atoms with Gasteiger partial charge in [-0.3, -0.25) is 14.5 Å². The van der Waals surface area contributed by atoms with E-state index in [9.17, 15) is 27.6 Å². The molecule has 0 bridgehead atoms. The van der Waals surface area contributed by atoms with Crippen molar-refractivity contribution in [2.45, 2.75) is 18.9 Å². The summed E-state index contributed by atoms with van der Waals surface area (Å²) in [7, 11) is 0. The highest BCUT2D eigenvalue weighted by Crippen LogP contribution is 2.31. The van der Waals surface area contributed by atoms with Gasteiger partial charge in [0.1, 0.15) is 23.0 Å². The molecule has 0 aliphatic carbocycles. The lowest BCUT2D eigenvalue weighted by atomic mass is 9.91. The van der Waals surface area contributed by atoms with E-state index in [-0.39, 0.29) is 18.5 Å². The number of carbonyl (C=O) groups is 3. The van der Waals surface area contributed by atoms with Crippen LogP contribution in [0.1, 0.15) is 18.9 Å². The molecule has 1 heterocycles. The topological polar surface area (TPSA) is 78.5 Å². The highest BCUT2D eigenvalue weighted by Gasteiger charge is 2.50. The summed E-state index contributed by atoms with van der Waals surface area (Å²) in [5.41, 5.74) is -1.73. The Balaban J connectivity index is 1.69. The zero-order valence-electron chi connectivity index (χ0n) is 14.8. The van der Waals surface area contributed by atoms with Gasteiger partial charge >= 0.3 is 6.03 Å². The van der Waals surface area contributed by atoms with Gasteiger partial charge in [-0.25, -0.2) is 18.0 Å². The van der Waals surface area contributed by atoms with Gasteiger partial charge in [0.05, 0.1) is 0 Å². The predicted molar refractivity (Wildman–Crippen MR) is 93.6 cm³/mol. The molecule has 1 saturated heterocycles. The number of halogens is 3. The van der Waals surface area contributed by atoms with Gasteiger partial charge in [0.25, 0.3) is 5.91 Å². The fraction of sp³-hybridized carbons (Fsp3) is 0.211. The van der Waals surface area contributed by atoms with Crippen LogP contribution in [-0.4, -0.2) is 29.3 Å². The van der Waals surface area contributed by atoms with Crippen LogP contribution in [0.3, 0.4) is 0 Å². The van der Waals surface area contributed by atoms with E-state index in [0.29, 0.717) is 5.69 Å². The van der Waals surface area contributed by atoms with E-state index in [1.54, 1.807) is 0 Å². The van der Waals surface area contributed by atoms with Gasteiger partial charge in [-0.2, -0.15) is 0 Å². The second kappa shape index (κ2) is 7.34. The third kappa shape index (κ3) is 3.68. The molecule has 6 nitrogen and oxygen atoms in total. The number of amides is 4. The maximum absolute atomic E-state index is 14.1. The summed E-state index contributed by atoms with van der Waals surface area (Å²) >= 11 is 0. The van der Waals surface area contributed by atoms with Crippen LogP contribution < -0.4 is 10.6 Å². The average molecular weight is 391 g/mol. The molecule has 4 amide bonds. The molecule has 1 aliphatic heterocycles. The summed E-state index contributed by atoms with van der Waals surface area (Å²) in [5, 5.41) is 4.86. The maximum atomic E-state index is 14.1. The van der Waals surface area contributed by atoms with Crippen molar-refractivity contribution in [2.24, 2.45) is 0 Å². The van der Waals surface area contributed by atoms with Crippen molar-refractivity contribution < 1.29 is 27.6 Å². The second-order valence-corrected chi connectivity index (χ2v) is 6.44. The Bertz CT molecular complexity index is 949. The fourth-order valence-electron chi connectivity index (χ4n) is 2.93. The summed E-state index contributed by atoms with van der Waals surface area (Å²) in [4.78, 5) is 37.7. The molecule has 1 atom stereocenters. The van der Waals surface area contributed by atoms with Crippen LogP contribution >= 0.6 is 0 Å². The largest absolute Gasteiger partial charge is 0.326 e. The molecule has 0 spiro atoms. The molecule has 2 aromatic carbocycles. The molecule has 0 aromatic heterocycles. The summed E-state index contributed by atoms with van der Waals surface area (Å²) in [6.07, 6.45) is -0.224. The minimum atomic E-state index is -1.78. The number of benzene rings is 2. The second-order valence-electron chi connectivity index (χ2n) is 6.44. The Hall–Kier alpha value is -3.36. The van der Waals surface area contributed by atoms with Crippen LogP contribution in [0, 0.1) is 17.5 Å². The quantitative estimate of drug-likeness (QED) is 0.770. The molecule has 0 radical (unpaired) electrons. The third-order valence-electron chi connectivity index (χ3n) is 4.43. The lowest BCUT2D eigenvalue weighted by Crippen LogP contribution is -2.42. The van der Waals surface area contributed by atoms with E-state index >= 15 is 0 Å². The lowest BCUT2D eigenvalue weighted by molar-refractivity contribution is -0.131. The van der Waals surface area contributed by atoms with E-state index in [2.05, 4.69) is 10.6 Å². The van der Waals surface area contributed by atoms with Crippen molar-refractivity contribution in [1.29, 1.82) is 0 Å². The van der Waals surface area contributed by atoms with Gasteiger partial charge in [-0.05, 0) is 49.4 Å². The number of imide groups is 1. The number of rotatable bonds is 5. The van der Waals surface area contributed by atoms with Crippen molar-refractivity contribution in [3.8, 4) is 0 Å². The number of anilines is 1. The number of hydrogen-bond donors (Lipinski definition) is 2. The van der Waals surface area contributed by atoms with E-state index in [1.807, 2.05) is 0 Å². The first-order chi connectivity index (χ1) is 13.2. The molecule has 146 valence electrons. The molecule has 3 rings (SSSR count). The first-order valence-corrected chi connectivity index (χ1v) is 8.36. The highest BCUT2D eigenvalue weighted by molar-refractivity contribution is 6.07. The number of hydrogen-bond acceptors (Lipinski definition) is 3. The summed E-state index contributed by atoms with van der Waals surface area (Å²) in [5.74, 6) is -3.35. The minimum absolute atomic E-state index is 0.224. The van der Waals surface area contributed by atoms with E-state index < -0.39 is 40.8 Å². The molecule has 9 heteroatoms. The van der Waals surface area contributed by atoms with Crippen LogP contribution in [0.5, 0.6) is 0 Å². The molecule has 2 aromatic rings. The maximum Gasteiger partial charge on any atom is 0.325 e. The van der Waals surface area contributed by atoms with Gasteiger partial charge in [0, 0.05) is 24.2 Å². The number of nitrogens with zero attached hydrogens (tertiary/aromatic N) is 1. The van der Waals surface area contributed by atoms with E-state index in [0.717, 1.165) is 23.1 Å². The summed E-state index contributed by atoms with van der Waals surface area (Å²) in [6.45, 7) is 1.01. The zero-order valence-corrected chi connectivity index (χ0v) is 14.8. The molecular weight excluding hydrogens is 375 g/mol. The van der Waals surface area contributed by atoms with Crippen LogP contribution in [0.15, 0.2) is 42.5 Å². The predicted octanol–water partition coefficient (Wildman–Crippen LogP) is 2.90. The lowest BCUT2D eigenvalue weighted by Gasteiger charge is -2.22. The molecule has 2 N–H and O–H groups in total. The first-order valence-electron chi connectivity index (χ1n) is 8.36. The Morgan fingerprint density at radius 3 is 2.39 bits per heavy atom. The number of carbonyl (C=O) groups excluding carboxylic acids is 3. The Labute approximate surface area is 158 Å². The SMILES string of the molecule is C[C@]1(c2cc(F)ccc2F)NC(=O)N(CCC(=O)Nc2ccc(F)cc2)C1=O. The molecule has 28 heavy (non-hydrogen) atoms. The third-order valence-corrected chi connectivity index (χ3v) is 4.43. The van der Waals surface area contributed by atoms with Crippen LogP contribution in [-0.2, 0) is 15.1 Å². The van der Waals surface area contributed by atoms with Gasteiger partial charge in [-0.15, -0.1) is 0 Å². The van der Waals surface area contributed by atoms with Crippen molar-refractivity contribution in [3.05, 3.63) is 65.5 Å². The number of nitrogens with one attached hydrogen (secondary N) is 2. The fourth-order valence-corrected chi connectivity index (χ4v) is 2.93. The van der Waals surface area contributed by atoms with Gasteiger partial charge in [0.2, 0.25) is 5.91 Å². The van der Waals surface area contributed by atoms with Crippen molar-refractivity contribution in [3.63, 3.8) is 0 Å². The van der Waals surface area contributed by atoms with Crippen molar-refractivity contribution in [1.82, 2.24) is 10.2 Å². The van der Waals surface area contributed by atoms with Crippen LogP contribution in [0.25, 0.3) is 0 Å². The summed E-state index contributed by atoms with van der Waals surface area (Å²) < 4.78 is 40.5. The van der Waals surface area contributed by atoms with Crippen molar-refractivity contribution in [2.75, 3.05) is 11.9 Å². The highest BCUT2D eigenvalue weighted by atomic mass is 19.1. The van der Waals surface area contributed by atoms with E-state index in [4.69, 9.17) is 0 Å². The molecule has 0 saturated carbocycles. The molecule has 1 fully saturated rings. The van der Waals surface area contributed by atoms with Crippen LogP contribution in [0.2, 0.25) is 0 Å². The zero-order chi connectivity index (χ0) is 20.5.